The zero-order valence-electron chi connectivity index (χ0n) is 8.98. The summed E-state index contributed by atoms with van der Waals surface area (Å²) in [6, 6.07) is 9.61. The Morgan fingerprint density at radius 3 is 2.94 bits per heavy atom. The van der Waals surface area contributed by atoms with Gasteiger partial charge < -0.3 is 5.32 Å². The van der Waals surface area contributed by atoms with Crippen molar-refractivity contribution in [3.05, 3.63) is 50.9 Å². The molecule has 0 radical (unpaired) electrons. The van der Waals surface area contributed by atoms with Crippen LogP contribution in [0.5, 0.6) is 0 Å². The number of aromatic nitrogens is 1. The summed E-state index contributed by atoms with van der Waals surface area (Å²) < 4.78 is 0.803. The van der Waals surface area contributed by atoms with Gasteiger partial charge in [0, 0.05) is 24.2 Å². The van der Waals surface area contributed by atoms with Gasteiger partial charge in [0.2, 0.25) is 0 Å². The molecular weight excluding hydrogens is 254 g/mol. The molecule has 0 unspecified atom stereocenters. The summed E-state index contributed by atoms with van der Waals surface area (Å²) in [5.41, 5.74) is 1.50. The summed E-state index contributed by atoms with van der Waals surface area (Å²) in [6.07, 6.45) is 1.65. The number of nitrogens with zero attached hydrogens (tertiary/aromatic N) is 2. The van der Waals surface area contributed by atoms with E-state index >= 15 is 0 Å². The van der Waals surface area contributed by atoms with Gasteiger partial charge in [-0.3, -0.25) is 0 Å². The van der Waals surface area contributed by atoms with E-state index in [1.807, 2.05) is 24.3 Å². The molecule has 5 heteroatoms. The molecule has 17 heavy (non-hydrogen) atoms. The molecule has 2 aromatic heterocycles. The Hall–Kier alpha value is -1.41. The monoisotopic (exact) mass is 263 g/mol. The van der Waals surface area contributed by atoms with Gasteiger partial charge in [-0.2, -0.15) is 5.26 Å². The fraction of sp³-hybridized carbons (Fsp3) is 0.167. The smallest absolute Gasteiger partial charge is 0.140 e. The number of halogens is 1. The van der Waals surface area contributed by atoms with Crippen LogP contribution in [-0.4, -0.2) is 4.98 Å². The zero-order valence-corrected chi connectivity index (χ0v) is 10.6. The number of hydrogen-bond acceptors (Lipinski definition) is 4. The molecule has 3 nitrogen and oxygen atoms in total. The first-order valence-corrected chi connectivity index (χ1v) is 6.27. The average Bonchev–Trinajstić information content (AvgIpc) is 2.75. The first-order valence-electron chi connectivity index (χ1n) is 5.08. The van der Waals surface area contributed by atoms with E-state index in [1.165, 1.54) is 4.88 Å². The van der Waals surface area contributed by atoms with Crippen LogP contribution in [0, 0.1) is 11.3 Å². The van der Waals surface area contributed by atoms with Crippen molar-refractivity contribution in [2.24, 2.45) is 0 Å². The molecule has 0 saturated heterocycles. The molecule has 0 aliphatic carbocycles. The van der Waals surface area contributed by atoms with Crippen molar-refractivity contribution in [2.45, 2.75) is 13.1 Å². The summed E-state index contributed by atoms with van der Waals surface area (Å²) >= 11 is 7.41. The molecule has 86 valence electrons. The van der Waals surface area contributed by atoms with Crippen molar-refractivity contribution in [3.63, 3.8) is 0 Å². The second kappa shape index (κ2) is 5.78. The highest BCUT2D eigenvalue weighted by Crippen LogP contribution is 2.21. The van der Waals surface area contributed by atoms with Crippen molar-refractivity contribution < 1.29 is 0 Å². The third kappa shape index (κ3) is 3.53. The second-order valence-electron chi connectivity index (χ2n) is 3.47. The minimum Gasteiger partial charge on any atom is -0.308 e. The van der Waals surface area contributed by atoms with Crippen LogP contribution < -0.4 is 5.32 Å². The van der Waals surface area contributed by atoms with Crippen LogP contribution in [0.1, 0.15) is 16.1 Å². The van der Waals surface area contributed by atoms with E-state index in [-0.39, 0.29) is 0 Å². The molecule has 0 saturated carbocycles. The highest BCUT2D eigenvalue weighted by Gasteiger charge is 1.99. The molecule has 0 atom stereocenters. The fourth-order valence-corrected chi connectivity index (χ4v) is 2.48. The molecule has 2 rings (SSSR count). The molecule has 0 aliphatic rings. The molecule has 0 aliphatic heterocycles. The molecule has 0 spiro atoms. The van der Waals surface area contributed by atoms with Gasteiger partial charge in [-0.1, -0.05) is 11.6 Å². The van der Waals surface area contributed by atoms with E-state index < -0.39 is 0 Å². The highest BCUT2D eigenvalue weighted by atomic mass is 35.5. The van der Waals surface area contributed by atoms with E-state index in [1.54, 1.807) is 23.6 Å². The lowest BCUT2D eigenvalue weighted by Crippen LogP contribution is -2.11. The van der Waals surface area contributed by atoms with E-state index in [0.717, 1.165) is 16.4 Å². The van der Waals surface area contributed by atoms with Gasteiger partial charge in [0.15, 0.2) is 0 Å². The largest absolute Gasteiger partial charge is 0.308 e. The molecule has 0 amide bonds. The van der Waals surface area contributed by atoms with Gasteiger partial charge in [-0.15, -0.1) is 11.3 Å². The van der Waals surface area contributed by atoms with Gasteiger partial charge in [-0.25, -0.2) is 4.98 Å². The summed E-state index contributed by atoms with van der Waals surface area (Å²) in [6.45, 7) is 1.49. The highest BCUT2D eigenvalue weighted by molar-refractivity contribution is 7.16. The molecule has 1 N–H and O–H groups in total. The molecule has 2 aromatic rings. The van der Waals surface area contributed by atoms with Gasteiger partial charge in [0.05, 0.1) is 4.34 Å². The van der Waals surface area contributed by atoms with E-state index in [9.17, 15) is 0 Å². The minimum absolute atomic E-state index is 0.448. The van der Waals surface area contributed by atoms with E-state index in [2.05, 4.69) is 10.3 Å². The second-order valence-corrected chi connectivity index (χ2v) is 5.27. The van der Waals surface area contributed by atoms with Crippen molar-refractivity contribution in [3.8, 4) is 6.07 Å². The average molecular weight is 264 g/mol. The lowest BCUT2D eigenvalue weighted by Gasteiger charge is -2.03. The zero-order chi connectivity index (χ0) is 12.1. The quantitative estimate of drug-likeness (QED) is 0.923. The summed E-state index contributed by atoms with van der Waals surface area (Å²) in [7, 11) is 0. The van der Waals surface area contributed by atoms with Crippen molar-refractivity contribution >= 4 is 22.9 Å². The predicted molar refractivity (Wildman–Crippen MR) is 68.8 cm³/mol. The normalized spacial score (nSPS) is 10.1. The molecule has 0 aromatic carbocycles. The Morgan fingerprint density at radius 1 is 1.35 bits per heavy atom. The van der Waals surface area contributed by atoms with Crippen molar-refractivity contribution in [1.29, 1.82) is 5.26 Å². The number of pyridine rings is 1. The lowest BCUT2D eigenvalue weighted by molar-refractivity contribution is 0.700. The lowest BCUT2D eigenvalue weighted by atomic mass is 10.2. The Bertz CT molecular complexity index is 545. The number of nitriles is 1. The maximum atomic E-state index is 8.72. The summed E-state index contributed by atoms with van der Waals surface area (Å²) in [5, 5.41) is 12.0. The Kier molecular flexibility index (Phi) is 4.10. The van der Waals surface area contributed by atoms with Gasteiger partial charge >= 0.3 is 0 Å². The third-order valence-corrected chi connectivity index (χ3v) is 3.43. The number of thiophene rings is 1. The minimum atomic E-state index is 0.448. The third-order valence-electron chi connectivity index (χ3n) is 2.20. The van der Waals surface area contributed by atoms with Gasteiger partial charge in [-0.05, 0) is 29.8 Å². The first-order chi connectivity index (χ1) is 8.28. The van der Waals surface area contributed by atoms with Crippen molar-refractivity contribution in [1.82, 2.24) is 10.3 Å². The predicted octanol–water partition coefficient (Wildman–Crippen LogP) is 2.96. The molecule has 0 fully saturated rings. The first kappa shape index (κ1) is 12.1. The van der Waals surface area contributed by atoms with Crippen LogP contribution in [0.15, 0.2) is 30.5 Å². The molecule has 2 heterocycles. The standard InChI is InChI=1S/C12H10ClN3S/c13-12-2-1-11(17-12)8-15-7-9-3-4-16-10(5-9)6-14/h1-5,15H,7-8H2. The summed E-state index contributed by atoms with van der Waals surface area (Å²) in [4.78, 5) is 5.12. The van der Waals surface area contributed by atoms with E-state index in [4.69, 9.17) is 16.9 Å². The molecule has 0 bridgehead atoms. The number of rotatable bonds is 4. The summed E-state index contributed by atoms with van der Waals surface area (Å²) in [5.74, 6) is 0. The van der Waals surface area contributed by atoms with Crippen LogP contribution in [0.4, 0.5) is 0 Å². The Balaban J connectivity index is 1.88. The van der Waals surface area contributed by atoms with Crippen LogP contribution in [0.3, 0.4) is 0 Å². The van der Waals surface area contributed by atoms with Crippen LogP contribution >= 0.6 is 22.9 Å². The van der Waals surface area contributed by atoms with Gasteiger partial charge in [0.25, 0.3) is 0 Å². The van der Waals surface area contributed by atoms with Crippen molar-refractivity contribution in [2.75, 3.05) is 0 Å². The Labute approximate surface area is 109 Å². The number of hydrogen-bond donors (Lipinski definition) is 1. The Morgan fingerprint density at radius 2 is 2.24 bits per heavy atom. The van der Waals surface area contributed by atoms with E-state index in [0.29, 0.717) is 12.2 Å². The maximum Gasteiger partial charge on any atom is 0.140 e. The fourth-order valence-electron chi connectivity index (χ4n) is 1.42. The van der Waals surface area contributed by atoms with Crippen LogP contribution in [-0.2, 0) is 13.1 Å². The van der Waals surface area contributed by atoms with Crippen LogP contribution in [0.2, 0.25) is 4.34 Å². The SMILES string of the molecule is N#Cc1cc(CNCc2ccc(Cl)s2)ccn1. The van der Waals surface area contributed by atoms with Crippen LogP contribution in [0.25, 0.3) is 0 Å². The molecular formula is C12H10ClN3S. The topological polar surface area (TPSA) is 48.7 Å². The number of nitrogens with one attached hydrogen (secondary N) is 1. The van der Waals surface area contributed by atoms with Gasteiger partial charge in [0.1, 0.15) is 11.8 Å². The maximum absolute atomic E-state index is 8.72.